The van der Waals surface area contributed by atoms with Crippen molar-refractivity contribution in [3.8, 4) is 0 Å². The highest BCUT2D eigenvalue weighted by Gasteiger charge is 2.02. The van der Waals surface area contributed by atoms with Gasteiger partial charge in [-0.1, -0.05) is 36.4 Å². The van der Waals surface area contributed by atoms with Gasteiger partial charge in [0.25, 0.3) is 0 Å². The van der Waals surface area contributed by atoms with Crippen molar-refractivity contribution in [1.29, 1.82) is 0 Å². The Balaban J connectivity index is 0.00000280. The van der Waals surface area contributed by atoms with Crippen molar-refractivity contribution in [3.63, 3.8) is 0 Å². The first-order valence-corrected chi connectivity index (χ1v) is 8.87. The van der Waals surface area contributed by atoms with Gasteiger partial charge in [0.05, 0.1) is 6.33 Å². The van der Waals surface area contributed by atoms with Gasteiger partial charge in [-0.3, -0.25) is 4.99 Å². The summed E-state index contributed by atoms with van der Waals surface area (Å²) < 4.78 is 15.4. The predicted molar refractivity (Wildman–Crippen MR) is 121 cm³/mol. The standard InChI is InChI=1S/C21H24FN5.HI/c1-16-11-19(7-8-20(16)22)13-26-21(23-2)25-12-17-3-5-18(6-4-17)14-27-10-9-24-15-27;/h3-11,15H,12-14H2,1-2H3,(H2,23,25,26);1H. The highest BCUT2D eigenvalue weighted by atomic mass is 127. The molecule has 0 atom stereocenters. The lowest BCUT2D eigenvalue weighted by atomic mass is 10.1. The summed E-state index contributed by atoms with van der Waals surface area (Å²) in [4.78, 5) is 8.29. The molecule has 148 valence electrons. The number of benzene rings is 2. The van der Waals surface area contributed by atoms with Crippen molar-refractivity contribution in [3.05, 3.63) is 89.3 Å². The second-order valence-electron chi connectivity index (χ2n) is 6.41. The van der Waals surface area contributed by atoms with Crippen LogP contribution in [-0.4, -0.2) is 22.6 Å². The molecule has 1 heterocycles. The molecule has 2 N–H and O–H groups in total. The molecule has 0 aliphatic heterocycles. The van der Waals surface area contributed by atoms with Crippen LogP contribution < -0.4 is 10.6 Å². The predicted octanol–water partition coefficient (Wildman–Crippen LogP) is 3.86. The molecule has 1 aromatic heterocycles. The van der Waals surface area contributed by atoms with Crippen LogP contribution in [0.15, 0.2) is 66.2 Å². The van der Waals surface area contributed by atoms with E-state index in [4.69, 9.17) is 0 Å². The van der Waals surface area contributed by atoms with Gasteiger partial charge in [0, 0.05) is 39.1 Å². The molecule has 0 unspecified atom stereocenters. The zero-order valence-electron chi connectivity index (χ0n) is 16.0. The summed E-state index contributed by atoms with van der Waals surface area (Å²) in [6, 6.07) is 13.6. The number of halogens is 2. The number of aryl methyl sites for hydroxylation is 1. The molecule has 28 heavy (non-hydrogen) atoms. The van der Waals surface area contributed by atoms with Gasteiger partial charge in [0.15, 0.2) is 5.96 Å². The van der Waals surface area contributed by atoms with Gasteiger partial charge in [0.2, 0.25) is 0 Å². The first kappa shape index (κ1) is 21.9. The van der Waals surface area contributed by atoms with E-state index in [2.05, 4.69) is 44.9 Å². The van der Waals surface area contributed by atoms with E-state index in [9.17, 15) is 4.39 Å². The van der Waals surface area contributed by atoms with Gasteiger partial charge in [-0.25, -0.2) is 9.37 Å². The minimum Gasteiger partial charge on any atom is -0.352 e. The number of guanidine groups is 1. The molecule has 5 nitrogen and oxygen atoms in total. The second-order valence-corrected chi connectivity index (χ2v) is 6.41. The Bertz CT molecular complexity index is 892. The Morgan fingerprint density at radius 3 is 2.29 bits per heavy atom. The largest absolute Gasteiger partial charge is 0.352 e. The van der Waals surface area contributed by atoms with Gasteiger partial charge in [0.1, 0.15) is 5.82 Å². The van der Waals surface area contributed by atoms with Crippen LogP contribution in [0.5, 0.6) is 0 Å². The number of aliphatic imine (C=N–C) groups is 1. The third kappa shape index (κ3) is 6.33. The van der Waals surface area contributed by atoms with Crippen LogP contribution >= 0.6 is 24.0 Å². The number of nitrogens with one attached hydrogen (secondary N) is 2. The molecular formula is C21H25FIN5. The molecule has 0 aliphatic rings. The quantitative estimate of drug-likeness (QED) is 0.312. The lowest BCUT2D eigenvalue weighted by Crippen LogP contribution is -2.36. The molecule has 0 amide bonds. The van der Waals surface area contributed by atoms with Gasteiger partial charge in [-0.15, -0.1) is 24.0 Å². The maximum absolute atomic E-state index is 13.3. The zero-order valence-corrected chi connectivity index (χ0v) is 18.4. The van der Waals surface area contributed by atoms with Crippen LogP contribution in [0.1, 0.15) is 22.3 Å². The van der Waals surface area contributed by atoms with Crippen LogP contribution in [0.3, 0.4) is 0 Å². The molecule has 0 spiro atoms. The van der Waals surface area contributed by atoms with E-state index in [1.54, 1.807) is 26.2 Å². The van der Waals surface area contributed by atoms with E-state index in [-0.39, 0.29) is 29.8 Å². The average molecular weight is 493 g/mol. The topological polar surface area (TPSA) is 54.2 Å². The lowest BCUT2D eigenvalue weighted by Gasteiger charge is -2.13. The monoisotopic (exact) mass is 493 g/mol. The molecule has 0 bridgehead atoms. The smallest absolute Gasteiger partial charge is 0.191 e. The minimum atomic E-state index is -0.183. The van der Waals surface area contributed by atoms with Crippen molar-refractivity contribution in [2.24, 2.45) is 4.99 Å². The summed E-state index contributed by atoms with van der Waals surface area (Å²) in [6.07, 6.45) is 5.55. The highest BCUT2D eigenvalue weighted by Crippen LogP contribution is 2.09. The number of hydrogen-bond acceptors (Lipinski definition) is 2. The average Bonchev–Trinajstić information content (AvgIpc) is 3.19. The summed E-state index contributed by atoms with van der Waals surface area (Å²) in [5.41, 5.74) is 4.06. The summed E-state index contributed by atoms with van der Waals surface area (Å²) in [6.45, 7) is 3.84. The Morgan fingerprint density at radius 2 is 1.68 bits per heavy atom. The summed E-state index contributed by atoms with van der Waals surface area (Å²) >= 11 is 0. The molecule has 0 saturated heterocycles. The van der Waals surface area contributed by atoms with Crippen LogP contribution in [0.4, 0.5) is 4.39 Å². The Morgan fingerprint density at radius 1 is 1.04 bits per heavy atom. The molecule has 2 aromatic carbocycles. The van der Waals surface area contributed by atoms with Gasteiger partial charge < -0.3 is 15.2 Å². The first-order chi connectivity index (χ1) is 13.1. The molecule has 3 rings (SSSR count). The number of hydrogen-bond donors (Lipinski definition) is 2. The van der Waals surface area contributed by atoms with E-state index in [0.29, 0.717) is 24.6 Å². The van der Waals surface area contributed by atoms with E-state index < -0.39 is 0 Å². The van der Waals surface area contributed by atoms with Crippen LogP contribution in [0, 0.1) is 12.7 Å². The van der Waals surface area contributed by atoms with Crippen molar-refractivity contribution in [2.75, 3.05) is 7.05 Å². The Labute approximate surface area is 182 Å². The molecule has 3 aromatic rings. The van der Waals surface area contributed by atoms with E-state index >= 15 is 0 Å². The molecule has 0 fully saturated rings. The second kappa shape index (κ2) is 10.8. The molecule has 0 radical (unpaired) electrons. The number of rotatable bonds is 6. The summed E-state index contributed by atoms with van der Waals surface area (Å²) in [5.74, 6) is 0.525. The normalized spacial score (nSPS) is 11.0. The fraction of sp³-hybridized carbons (Fsp3) is 0.238. The molecule has 7 heteroatoms. The Kier molecular flexibility index (Phi) is 8.43. The zero-order chi connectivity index (χ0) is 19.1. The van der Waals surface area contributed by atoms with Gasteiger partial charge in [-0.05, 0) is 35.2 Å². The maximum atomic E-state index is 13.3. The SMILES string of the molecule is CN=C(NCc1ccc(Cn2ccnc2)cc1)NCc1ccc(F)c(C)c1.I. The van der Waals surface area contributed by atoms with Crippen molar-refractivity contribution in [2.45, 2.75) is 26.6 Å². The van der Waals surface area contributed by atoms with Crippen LogP contribution in [0.25, 0.3) is 0 Å². The number of nitrogens with zero attached hydrogens (tertiary/aromatic N) is 3. The minimum absolute atomic E-state index is 0. The summed E-state index contributed by atoms with van der Waals surface area (Å²) in [5, 5.41) is 6.55. The van der Waals surface area contributed by atoms with E-state index in [0.717, 1.165) is 12.1 Å². The molecular weight excluding hydrogens is 468 g/mol. The van der Waals surface area contributed by atoms with Crippen molar-refractivity contribution in [1.82, 2.24) is 20.2 Å². The highest BCUT2D eigenvalue weighted by molar-refractivity contribution is 14.0. The van der Waals surface area contributed by atoms with Crippen molar-refractivity contribution >= 4 is 29.9 Å². The fourth-order valence-electron chi connectivity index (χ4n) is 2.76. The fourth-order valence-corrected chi connectivity index (χ4v) is 2.76. The number of aromatic nitrogens is 2. The summed E-state index contributed by atoms with van der Waals surface area (Å²) in [7, 11) is 1.74. The Hall–Kier alpha value is -2.42. The van der Waals surface area contributed by atoms with Crippen LogP contribution in [-0.2, 0) is 19.6 Å². The first-order valence-electron chi connectivity index (χ1n) is 8.87. The van der Waals surface area contributed by atoms with Crippen LogP contribution in [0.2, 0.25) is 0 Å². The molecule has 0 saturated carbocycles. The maximum Gasteiger partial charge on any atom is 0.191 e. The number of imidazole rings is 1. The van der Waals surface area contributed by atoms with Gasteiger partial charge >= 0.3 is 0 Å². The van der Waals surface area contributed by atoms with Gasteiger partial charge in [-0.2, -0.15) is 0 Å². The lowest BCUT2D eigenvalue weighted by molar-refractivity contribution is 0.617. The third-order valence-corrected chi connectivity index (χ3v) is 4.31. The van der Waals surface area contributed by atoms with E-state index in [1.165, 1.54) is 17.2 Å². The van der Waals surface area contributed by atoms with E-state index in [1.807, 2.05) is 23.2 Å². The third-order valence-electron chi connectivity index (χ3n) is 4.31. The van der Waals surface area contributed by atoms with Crippen molar-refractivity contribution < 1.29 is 4.39 Å². The molecule has 0 aliphatic carbocycles.